The SMILES string of the molecule is Fc1ccc(-c2cccc3nc4ccccc4c(-c4ccccc4)c23)cc1.[O-][Cl+3]([O-])([O-])O. The molecule has 0 radical (unpaired) electrons. The number of para-hydroxylation sites is 1. The lowest BCUT2D eigenvalue weighted by Crippen LogP contribution is -2.58. The first kappa shape index (κ1) is 21.8. The Balaban J connectivity index is 0.000000444. The molecule has 0 aliphatic rings. The topological polar surface area (TPSA) is 102 Å². The van der Waals surface area contributed by atoms with Gasteiger partial charge in [-0.05, 0) is 41.0 Å². The number of hydrogen-bond acceptors (Lipinski definition) is 5. The number of nitrogens with zero attached hydrogens (tertiary/aromatic N) is 1. The van der Waals surface area contributed by atoms with Crippen LogP contribution in [0.25, 0.3) is 44.1 Å². The number of aromatic nitrogens is 1. The van der Waals surface area contributed by atoms with E-state index in [2.05, 4.69) is 36.4 Å². The molecule has 5 nitrogen and oxygen atoms in total. The van der Waals surface area contributed by atoms with Gasteiger partial charge in [0.1, 0.15) is 5.82 Å². The van der Waals surface area contributed by atoms with E-state index in [9.17, 15) is 4.39 Å². The van der Waals surface area contributed by atoms with Crippen molar-refractivity contribution in [2.45, 2.75) is 0 Å². The van der Waals surface area contributed by atoms with E-state index in [4.69, 9.17) is 23.6 Å². The number of hydrogen-bond donors (Lipinski definition) is 1. The number of rotatable bonds is 2. The van der Waals surface area contributed by atoms with Crippen LogP contribution in [0.2, 0.25) is 0 Å². The third-order valence-electron chi connectivity index (χ3n) is 4.92. The van der Waals surface area contributed by atoms with Gasteiger partial charge < -0.3 is 0 Å². The molecule has 0 bridgehead atoms. The lowest BCUT2D eigenvalue weighted by molar-refractivity contribution is -1.92. The minimum Gasteiger partial charge on any atom is -0.248 e. The van der Waals surface area contributed by atoms with Gasteiger partial charge in [0.25, 0.3) is 0 Å². The van der Waals surface area contributed by atoms with Crippen LogP contribution in [-0.2, 0) is 0 Å². The molecular weight excluding hydrogens is 433 g/mol. The maximum absolute atomic E-state index is 13.5. The molecule has 0 aliphatic carbocycles. The minimum atomic E-state index is -4.69. The van der Waals surface area contributed by atoms with E-state index in [0.29, 0.717) is 0 Å². The van der Waals surface area contributed by atoms with Crippen molar-refractivity contribution in [3.8, 4) is 22.3 Å². The minimum absolute atomic E-state index is 0.231. The Kier molecular flexibility index (Phi) is 6.14. The summed E-state index contributed by atoms with van der Waals surface area (Å²) in [6.45, 7) is 0. The first-order valence-corrected chi connectivity index (χ1v) is 10.8. The van der Waals surface area contributed by atoms with Crippen molar-refractivity contribution in [1.82, 2.24) is 4.98 Å². The fourth-order valence-electron chi connectivity index (χ4n) is 3.72. The van der Waals surface area contributed by atoms with Crippen LogP contribution in [0.15, 0.2) is 97.1 Å². The summed E-state index contributed by atoms with van der Waals surface area (Å²) in [6.07, 6.45) is 0. The Bertz CT molecular complexity index is 1360. The fourth-order valence-corrected chi connectivity index (χ4v) is 3.72. The Hall–Kier alpha value is -3.39. The van der Waals surface area contributed by atoms with E-state index in [-0.39, 0.29) is 5.82 Å². The van der Waals surface area contributed by atoms with E-state index in [0.717, 1.165) is 44.1 Å². The molecule has 4 aromatic carbocycles. The molecule has 1 aromatic heterocycles. The highest BCUT2D eigenvalue weighted by molar-refractivity contribution is 6.14. The van der Waals surface area contributed by atoms with Gasteiger partial charge in [0, 0.05) is 16.3 Å². The van der Waals surface area contributed by atoms with Gasteiger partial charge in [0.2, 0.25) is 0 Å². The summed E-state index contributed by atoms with van der Waals surface area (Å²) < 4.78 is 46.2. The molecule has 0 saturated carbocycles. The van der Waals surface area contributed by atoms with E-state index >= 15 is 0 Å². The predicted octanol–water partition coefficient (Wildman–Crippen LogP) is 2.74. The van der Waals surface area contributed by atoms with Crippen molar-refractivity contribution in [2.75, 3.05) is 0 Å². The molecule has 0 unspecified atom stereocenters. The normalized spacial score (nSPS) is 11.3. The second kappa shape index (κ2) is 9.00. The zero-order valence-corrected chi connectivity index (χ0v) is 17.4. The van der Waals surface area contributed by atoms with E-state index < -0.39 is 10.2 Å². The van der Waals surface area contributed by atoms with Gasteiger partial charge in [-0.3, -0.25) is 0 Å². The second-order valence-electron chi connectivity index (χ2n) is 6.97. The zero-order chi connectivity index (χ0) is 22.7. The van der Waals surface area contributed by atoms with Crippen molar-refractivity contribution in [1.29, 1.82) is 0 Å². The Morgan fingerprint density at radius 2 is 1.25 bits per heavy atom. The number of benzene rings is 4. The van der Waals surface area contributed by atoms with Crippen molar-refractivity contribution < 1.29 is 33.3 Å². The molecule has 1 heterocycles. The average molecular weight is 450 g/mol. The van der Waals surface area contributed by atoms with E-state index in [1.165, 1.54) is 12.1 Å². The van der Waals surface area contributed by atoms with Crippen LogP contribution in [0.5, 0.6) is 0 Å². The van der Waals surface area contributed by atoms with Gasteiger partial charge in [-0.2, -0.15) is 14.0 Å². The van der Waals surface area contributed by atoms with E-state index in [1.807, 2.05) is 48.5 Å². The highest BCUT2D eigenvalue weighted by Gasteiger charge is 2.15. The predicted molar refractivity (Wildman–Crippen MR) is 112 cm³/mol. The summed E-state index contributed by atoms with van der Waals surface area (Å²) in [5.41, 5.74) is 6.27. The van der Waals surface area contributed by atoms with Crippen LogP contribution < -0.4 is 14.0 Å². The molecule has 0 atom stereocenters. The molecule has 160 valence electrons. The third kappa shape index (κ3) is 4.91. The summed E-state index contributed by atoms with van der Waals surface area (Å²) in [7, 11) is -4.69. The standard InChI is InChI=1S/C25H16FN.ClHO4/c26-19-15-13-17(14-16-19)20-10-6-12-23-25(20)24(18-7-2-1-3-8-18)21-9-4-5-11-22(21)27-23;2-1(3,4)5/h1-16H;(H,2,3,4,5). The van der Waals surface area contributed by atoms with Crippen LogP contribution in [0, 0.1) is 16.1 Å². The Morgan fingerprint density at radius 3 is 1.94 bits per heavy atom. The summed E-state index contributed by atoms with van der Waals surface area (Å²) in [4.78, 5) is 4.89. The first-order chi connectivity index (χ1) is 15.3. The van der Waals surface area contributed by atoms with Crippen molar-refractivity contribution in [2.24, 2.45) is 0 Å². The maximum Gasteiger partial charge on any atom is 0.123 e. The van der Waals surface area contributed by atoms with Crippen LogP contribution in [0.4, 0.5) is 4.39 Å². The molecule has 0 amide bonds. The van der Waals surface area contributed by atoms with Gasteiger partial charge in [-0.15, -0.1) is 0 Å². The summed E-state index contributed by atoms with van der Waals surface area (Å²) in [6, 6.07) is 31.4. The highest BCUT2D eigenvalue weighted by Crippen LogP contribution is 2.39. The van der Waals surface area contributed by atoms with Crippen LogP contribution in [-0.4, -0.2) is 9.64 Å². The van der Waals surface area contributed by atoms with Crippen molar-refractivity contribution in [3.05, 3.63) is 103 Å². The van der Waals surface area contributed by atoms with Crippen LogP contribution >= 0.6 is 0 Å². The van der Waals surface area contributed by atoms with Crippen LogP contribution in [0.1, 0.15) is 0 Å². The number of halogens is 2. The summed E-state index contributed by atoms with van der Waals surface area (Å²) in [5.74, 6) is -0.231. The lowest BCUT2D eigenvalue weighted by atomic mass is 9.91. The molecule has 32 heavy (non-hydrogen) atoms. The Labute approximate surface area is 185 Å². The van der Waals surface area contributed by atoms with Gasteiger partial charge in [0.15, 0.2) is 0 Å². The number of fused-ring (bicyclic) bond motifs is 2. The monoisotopic (exact) mass is 449 g/mol. The smallest absolute Gasteiger partial charge is 0.123 e. The van der Waals surface area contributed by atoms with E-state index in [1.54, 1.807) is 0 Å². The highest BCUT2D eigenvalue weighted by atomic mass is 35.7. The molecule has 5 rings (SSSR count). The second-order valence-corrected chi connectivity index (χ2v) is 7.76. The van der Waals surface area contributed by atoms with Gasteiger partial charge in [-0.1, -0.05) is 72.8 Å². The Morgan fingerprint density at radius 1 is 0.656 bits per heavy atom. The molecule has 5 aromatic rings. The maximum atomic E-state index is 13.5. The summed E-state index contributed by atoms with van der Waals surface area (Å²) >= 11 is 0. The lowest BCUT2D eigenvalue weighted by Gasteiger charge is -2.15. The first-order valence-electron chi connectivity index (χ1n) is 9.57. The molecule has 0 fully saturated rings. The van der Waals surface area contributed by atoms with Crippen molar-refractivity contribution in [3.63, 3.8) is 0 Å². The largest absolute Gasteiger partial charge is 0.248 e. The van der Waals surface area contributed by atoms with Crippen molar-refractivity contribution >= 4 is 21.8 Å². The molecule has 0 aliphatic heterocycles. The molecule has 1 N–H and O–H groups in total. The van der Waals surface area contributed by atoms with Gasteiger partial charge in [0.05, 0.1) is 25.9 Å². The quantitative estimate of drug-likeness (QED) is 0.417. The average Bonchev–Trinajstić information content (AvgIpc) is 2.77. The number of pyridine rings is 1. The van der Waals surface area contributed by atoms with Gasteiger partial charge >= 0.3 is 0 Å². The van der Waals surface area contributed by atoms with Gasteiger partial charge in [-0.25, -0.2) is 9.37 Å². The third-order valence-corrected chi connectivity index (χ3v) is 4.92. The zero-order valence-electron chi connectivity index (χ0n) is 16.6. The summed E-state index contributed by atoms with van der Waals surface area (Å²) in [5, 5.41) is 2.21. The molecular formula is C25H17ClFNO4. The molecule has 0 spiro atoms. The molecule has 0 saturated heterocycles. The molecule has 7 heteroatoms. The fraction of sp³-hybridized carbons (Fsp3) is 0. The van der Waals surface area contributed by atoms with Crippen LogP contribution in [0.3, 0.4) is 0 Å².